The third-order valence-electron chi connectivity index (χ3n) is 4.85. The quantitative estimate of drug-likeness (QED) is 0.676. The largest absolute Gasteiger partial charge is 0.493 e. The Morgan fingerprint density at radius 3 is 2.58 bits per heavy atom. The fourth-order valence-corrected chi connectivity index (χ4v) is 4.66. The number of fused-ring (bicyclic) bond motifs is 1. The van der Waals surface area contributed by atoms with E-state index in [-0.39, 0.29) is 17.9 Å². The van der Waals surface area contributed by atoms with Crippen molar-refractivity contribution < 1.29 is 33.3 Å². The van der Waals surface area contributed by atoms with Gasteiger partial charge in [0.2, 0.25) is 0 Å². The minimum atomic E-state index is -0.546. The van der Waals surface area contributed by atoms with Crippen LogP contribution >= 0.6 is 11.3 Å². The summed E-state index contributed by atoms with van der Waals surface area (Å²) in [6.07, 6.45) is 0.0424. The zero-order chi connectivity index (χ0) is 22.5. The Bertz CT molecular complexity index is 1000. The van der Waals surface area contributed by atoms with E-state index in [1.807, 2.05) is 0 Å². The van der Waals surface area contributed by atoms with Crippen LogP contribution in [0.5, 0.6) is 11.5 Å². The highest BCUT2D eigenvalue weighted by atomic mass is 32.1. The molecule has 3 rings (SSSR count). The molecule has 0 aliphatic carbocycles. The number of esters is 1. The predicted octanol–water partition coefficient (Wildman–Crippen LogP) is 3.32. The second-order valence-electron chi connectivity index (χ2n) is 6.57. The van der Waals surface area contributed by atoms with E-state index in [9.17, 15) is 14.4 Å². The van der Waals surface area contributed by atoms with E-state index in [1.165, 1.54) is 32.7 Å². The van der Waals surface area contributed by atoms with E-state index in [4.69, 9.17) is 18.9 Å². The van der Waals surface area contributed by atoms with E-state index in [0.717, 1.165) is 10.4 Å². The zero-order valence-electron chi connectivity index (χ0n) is 17.8. The van der Waals surface area contributed by atoms with E-state index >= 15 is 0 Å². The van der Waals surface area contributed by atoms with Gasteiger partial charge in [-0.3, -0.25) is 4.79 Å². The number of methoxy groups -OCH3 is 3. The van der Waals surface area contributed by atoms with Crippen LogP contribution in [0.2, 0.25) is 0 Å². The average Bonchev–Trinajstić information content (AvgIpc) is 3.14. The Kier molecular flexibility index (Phi) is 7.01. The number of benzene rings is 1. The lowest BCUT2D eigenvalue weighted by Gasteiger charge is -2.26. The minimum Gasteiger partial charge on any atom is -0.493 e. The molecule has 1 aliphatic rings. The van der Waals surface area contributed by atoms with Crippen LogP contribution in [0.15, 0.2) is 18.2 Å². The molecule has 31 heavy (non-hydrogen) atoms. The molecule has 166 valence electrons. The van der Waals surface area contributed by atoms with Gasteiger partial charge in [-0.05, 0) is 31.0 Å². The molecule has 2 heterocycles. The molecule has 0 atom stereocenters. The molecule has 0 saturated carbocycles. The Morgan fingerprint density at radius 1 is 1.16 bits per heavy atom. The number of carbonyl (C=O) groups excluding carboxylic acids is 3. The molecular formula is C21H24N2O7S. The average molecular weight is 448 g/mol. The van der Waals surface area contributed by atoms with E-state index < -0.39 is 18.0 Å². The summed E-state index contributed by atoms with van der Waals surface area (Å²) in [7, 11) is 4.22. The molecule has 1 aliphatic heterocycles. The van der Waals surface area contributed by atoms with Crippen molar-refractivity contribution in [3.05, 3.63) is 39.8 Å². The molecule has 0 unspecified atom stereocenters. The number of hydrogen-bond donors (Lipinski definition) is 1. The Labute approximate surface area is 183 Å². The number of hydrogen-bond acceptors (Lipinski definition) is 8. The maximum Gasteiger partial charge on any atom is 0.410 e. The fourth-order valence-electron chi connectivity index (χ4n) is 3.42. The van der Waals surface area contributed by atoms with Crippen molar-refractivity contribution >= 4 is 34.3 Å². The Morgan fingerprint density at radius 2 is 1.94 bits per heavy atom. The van der Waals surface area contributed by atoms with Crippen LogP contribution in [-0.4, -0.2) is 57.4 Å². The summed E-state index contributed by atoms with van der Waals surface area (Å²) in [5.41, 5.74) is 1.34. The first kappa shape index (κ1) is 22.4. The standard InChI is InChI=1S/C21H24N2O7S/c1-5-30-21(26)23-10-9-12-15(11-23)31-19(16(12)20(25)29-4)22-18(24)13-7-6-8-14(27-2)17(13)28-3/h6-8H,5,9-11H2,1-4H3,(H,22,24). The van der Waals surface area contributed by atoms with Gasteiger partial charge in [-0.1, -0.05) is 6.07 Å². The van der Waals surface area contributed by atoms with Gasteiger partial charge in [-0.25, -0.2) is 9.59 Å². The molecule has 1 aromatic carbocycles. The lowest BCUT2D eigenvalue weighted by Crippen LogP contribution is -2.36. The zero-order valence-corrected chi connectivity index (χ0v) is 18.6. The Balaban J connectivity index is 1.94. The lowest BCUT2D eigenvalue weighted by molar-refractivity contribution is 0.0600. The smallest absolute Gasteiger partial charge is 0.410 e. The lowest BCUT2D eigenvalue weighted by atomic mass is 10.0. The summed E-state index contributed by atoms with van der Waals surface area (Å²) >= 11 is 1.24. The molecule has 2 aromatic rings. The van der Waals surface area contributed by atoms with Gasteiger partial charge in [0, 0.05) is 11.4 Å². The maximum absolute atomic E-state index is 13.0. The van der Waals surface area contributed by atoms with Crippen molar-refractivity contribution in [1.29, 1.82) is 0 Å². The summed E-state index contributed by atoms with van der Waals surface area (Å²) in [6, 6.07) is 4.96. The van der Waals surface area contributed by atoms with Gasteiger partial charge < -0.3 is 29.2 Å². The number of nitrogens with zero attached hydrogens (tertiary/aromatic N) is 1. The molecule has 10 heteroatoms. The van der Waals surface area contributed by atoms with Gasteiger partial charge in [-0.15, -0.1) is 11.3 Å². The molecule has 0 spiro atoms. The first-order chi connectivity index (χ1) is 14.9. The van der Waals surface area contributed by atoms with Crippen molar-refractivity contribution in [2.75, 3.05) is 39.8 Å². The number of anilines is 1. The van der Waals surface area contributed by atoms with Crippen LogP contribution in [-0.2, 0) is 22.4 Å². The maximum atomic E-state index is 13.0. The number of thiophene rings is 1. The summed E-state index contributed by atoms with van der Waals surface area (Å²) < 4.78 is 20.6. The number of ether oxygens (including phenoxy) is 4. The number of amides is 2. The molecule has 1 N–H and O–H groups in total. The SMILES string of the molecule is CCOC(=O)N1CCc2c(sc(NC(=O)c3cccc(OC)c3OC)c2C(=O)OC)C1. The van der Waals surface area contributed by atoms with Crippen molar-refractivity contribution in [3.63, 3.8) is 0 Å². The van der Waals surface area contributed by atoms with Gasteiger partial charge in [0.25, 0.3) is 5.91 Å². The van der Waals surface area contributed by atoms with Gasteiger partial charge in [0.15, 0.2) is 11.5 Å². The van der Waals surface area contributed by atoms with Crippen LogP contribution in [0.25, 0.3) is 0 Å². The molecular weight excluding hydrogens is 424 g/mol. The van der Waals surface area contributed by atoms with Crippen molar-refractivity contribution in [2.45, 2.75) is 19.9 Å². The first-order valence-electron chi connectivity index (χ1n) is 9.61. The monoisotopic (exact) mass is 448 g/mol. The van der Waals surface area contributed by atoms with Crippen LogP contribution in [0.4, 0.5) is 9.80 Å². The highest BCUT2D eigenvalue weighted by Gasteiger charge is 2.31. The van der Waals surface area contributed by atoms with E-state index in [0.29, 0.717) is 35.8 Å². The summed E-state index contributed by atoms with van der Waals surface area (Å²) in [4.78, 5) is 40.0. The third-order valence-corrected chi connectivity index (χ3v) is 5.98. The molecule has 2 amide bonds. The molecule has 0 radical (unpaired) electrons. The molecule has 0 bridgehead atoms. The number of rotatable bonds is 6. The fraction of sp³-hybridized carbons (Fsp3) is 0.381. The van der Waals surface area contributed by atoms with Gasteiger partial charge in [0.1, 0.15) is 5.00 Å². The minimum absolute atomic E-state index is 0.261. The van der Waals surface area contributed by atoms with Gasteiger partial charge in [-0.2, -0.15) is 0 Å². The van der Waals surface area contributed by atoms with E-state index in [2.05, 4.69) is 5.32 Å². The third kappa shape index (κ3) is 4.43. The van der Waals surface area contributed by atoms with Crippen molar-refractivity contribution in [1.82, 2.24) is 4.90 Å². The second-order valence-corrected chi connectivity index (χ2v) is 7.67. The van der Waals surface area contributed by atoms with Crippen LogP contribution in [0.1, 0.15) is 38.1 Å². The topological polar surface area (TPSA) is 103 Å². The predicted molar refractivity (Wildman–Crippen MR) is 114 cm³/mol. The number of nitrogens with one attached hydrogen (secondary N) is 1. The van der Waals surface area contributed by atoms with Crippen LogP contribution in [0, 0.1) is 0 Å². The summed E-state index contributed by atoms with van der Waals surface area (Å²) in [6.45, 7) is 2.73. The highest BCUT2D eigenvalue weighted by molar-refractivity contribution is 7.17. The molecule has 1 aromatic heterocycles. The van der Waals surface area contributed by atoms with Crippen LogP contribution in [0.3, 0.4) is 0 Å². The van der Waals surface area contributed by atoms with Gasteiger partial charge >= 0.3 is 12.1 Å². The second kappa shape index (κ2) is 9.69. The van der Waals surface area contributed by atoms with E-state index in [1.54, 1.807) is 30.0 Å². The summed E-state index contributed by atoms with van der Waals surface area (Å²) in [5, 5.41) is 3.16. The molecule has 9 nitrogen and oxygen atoms in total. The Hall–Kier alpha value is -3.27. The molecule has 0 fully saturated rings. The van der Waals surface area contributed by atoms with Crippen LogP contribution < -0.4 is 14.8 Å². The number of carbonyl (C=O) groups is 3. The number of para-hydroxylation sites is 1. The van der Waals surface area contributed by atoms with Crippen molar-refractivity contribution in [3.8, 4) is 11.5 Å². The van der Waals surface area contributed by atoms with Crippen molar-refractivity contribution in [2.24, 2.45) is 0 Å². The first-order valence-corrected chi connectivity index (χ1v) is 10.4. The summed E-state index contributed by atoms with van der Waals surface area (Å²) in [5.74, 6) is -0.299. The van der Waals surface area contributed by atoms with Gasteiger partial charge in [0.05, 0.1) is 45.6 Å². The molecule has 0 saturated heterocycles. The highest BCUT2D eigenvalue weighted by Crippen LogP contribution is 2.39. The normalized spacial score (nSPS) is 12.6.